The van der Waals surface area contributed by atoms with Gasteiger partial charge in [0.15, 0.2) is 11.8 Å². The molecule has 2 aliphatic heterocycles. The van der Waals surface area contributed by atoms with Gasteiger partial charge in [0.05, 0.1) is 0 Å². The molecule has 0 saturated carbocycles. The standard InChI is InChI=1S/C25H29N9/c1-16-9-17-3-4-18(19-11-21-24(27-13-19)29-15-28-21)10-20(17)14-34(16)23-12-22(30-25(26)31-23)33-7-5-32(2)6-8-33/h3-4,10-13,15-16H,5-9,14H2,1-2H3,(H2,26,30,31)(H,27,28,29)/p+1. The maximum absolute atomic E-state index is 6.18. The van der Waals surface area contributed by atoms with Crippen molar-refractivity contribution < 1.29 is 4.98 Å². The largest absolute Gasteiger partial charge is 0.368 e. The van der Waals surface area contributed by atoms with Crippen LogP contribution in [-0.2, 0) is 13.0 Å². The monoisotopic (exact) mass is 456 g/mol. The Morgan fingerprint density at radius 1 is 1.00 bits per heavy atom. The number of nitrogens with zero attached hydrogens (tertiary/aromatic N) is 6. The van der Waals surface area contributed by atoms with Gasteiger partial charge in [0.2, 0.25) is 5.95 Å². The van der Waals surface area contributed by atoms with Gasteiger partial charge in [-0.3, -0.25) is 4.98 Å². The van der Waals surface area contributed by atoms with Crippen LogP contribution in [0.3, 0.4) is 0 Å². The number of benzene rings is 1. The van der Waals surface area contributed by atoms with Gasteiger partial charge in [-0.05, 0) is 49.2 Å². The van der Waals surface area contributed by atoms with Crippen molar-refractivity contribution in [3.8, 4) is 11.1 Å². The summed E-state index contributed by atoms with van der Waals surface area (Å²) in [5.41, 5.74) is 13.0. The number of nitrogen functional groups attached to an aromatic ring is 1. The first-order valence-corrected chi connectivity index (χ1v) is 11.9. The van der Waals surface area contributed by atoms with Crippen molar-refractivity contribution in [2.24, 2.45) is 0 Å². The van der Waals surface area contributed by atoms with E-state index in [0.717, 1.165) is 73.1 Å². The van der Waals surface area contributed by atoms with Crippen molar-refractivity contribution in [1.82, 2.24) is 24.8 Å². The number of fused-ring (bicyclic) bond motifs is 2. The van der Waals surface area contributed by atoms with E-state index in [1.54, 1.807) is 6.33 Å². The molecule has 3 aromatic heterocycles. The minimum Gasteiger partial charge on any atom is -0.368 e. The molecule has 9 nitrogen and oxygen atoms in total. The number of nitrogens with one attached hydrogen (secondary N) is 2. The van der Waals surface area contributed by atoms with Gasteiger partial charge >= 0.3 is 0 Å². The zero-order chi connectivity index (χ0) is 23.2. The average molecular weight is 457 g/mol. The van der Waals surface area contributed by atoms with Crippen molar-refractivity contribution in [2.45, 2.75) is 25.9 Å². The first kappa shape index (κ1) is 20.9. The summed E-state index contributed by atoms with van der Waals surface area (Å²) >= 11 is 0. The molecular formula is C25H30N9+. The third-order valence-electron chi connectivity index (χ3n) is 7.09. The van der Waals surface area contributed by atoms with Gasteiger partial charge in [0.1, 0.15) is 17.8 Å². The molecule has 1 saturated heterocycles. The van der Waals surface area contributed by atoms with E-state index >= 15 is 0 Å². The second kappa shape index (κ2) is 8.25. The van der Waals surface area contributed by atoms with E-state index in [-0.39, 0.29) is 0 Å². The van der Waals surface area contributed by atoms with Crippen LogP contribution < -0.4 is 20.5 Å². The summed E-state index contributed by atoms with van der Waals surface area (Å²) in [4.78, 5) is 27.0. The van der Waals surface area contributed by atoms with E-state index in [0.29, 0.717) is 12.0 Å². The fourth-order valence-corrected chi connectivity index (χ4v) is 5.04. The Balaban J connectivity index is 1.30. The molecule has 1 unspecified atom stereocenters. The summed E-state index contributed by atoms with van der Waals surface area (Å²) in [6.07, 6.45) is 4.69. The van der Waals surface area contributed by atoms with E-state index < -0.39 is 0 Å². The maximum atomic E-state index is 6.18. The predicted octanol–water partition coefficient (Wildman–Crippen LogP) is 2.12. The van der Waals surface area contributed by atoms with Crippen molar-refractivity contribution >= 4 is 28.7 Å². The number of pyridine rings is 1. The zero-order valence-corrected chi connectivity index (χ0v) is 19.6. The summed E-state index contributed by atoms with van der Waals surface area (Å²) < 4.78 is 0. The lowest BCUT2D eigenvalue weighted by Gasteiger charge is -2.37. The van der Waals surface area contributed by atoms with Crippen molar-refractivity contribution in [3.05, 3.63) is 54.0 Å². The number of aromatic amines is 2. The molecule has 4 N–H and O–H groups in total. The Kier molecular flexibility index (Phi) is 5.06. The van der Waals surface area contributed by atoms with Crippen LogP contribution in [0.2, 0.25) is 0 Å². The van der Waals surface area contributed by atoms with Crippen LogP contribution in [0.25, 0.3) is 22.3 Å². The molecule has 34 heavy (non-hydrogen) atoms. The molecule has 0 radical (unpaired) electrons. The fraction of sp³-hybridized carbons (Fsp3) is 0.360. The van der Waals surface area contributed by atoms with E-state index in [1.807, 2.05) is 6.20 Å². The molecule has 174 valence electrons. The lowest BCUT2D eigenvalue weighted by Crippen LogP contribution is -2.45. The van der Waals surface area contributed by atoms with Crippen molar-refractivity contribution in [1.29, 1.82) is 0 Å². The zero-order valence-electron chi connectivity index (χ0n) is 19.6. The number of hydrogen-bond acceptors (Lipinski definition) is 7. The molecule has 0 spiro atoms. The molecule has 0 bridgehead atoms. The second-order valence-corrected chi connectivity index (χ2v) is 9.45. The Morgan fingerprint density at radius 2 is 1.82 bits per heavy atom. The number of rotatable bonds is 3. The summed E-state index contributed by atoms with van der Waals surface area (Å²) in [5, 5.41) is 0. The van der Waals surface area contributed by atoms with Gasteiger partial charge in [-0.15, -0.1) is 4.98 Å². The molecule has 6 rings (SSSR count). The van der Waals surface area contributed by atoms with Crippen LogP contribution in [0.5, 0.6) is 0 Å². The first-order chi connectivity index (χ1) is 16.5. The Bertz CT molecular complexity index is 1340. The van der Waals surface area contributed by atoms with Crippen LogP contribution in [0.4, 0.5) is 17.6 Å². The number of H-pyrrole nitrogens is 2. The number of aromatic nitrogens is 5. The van der Waals surface area contributed by atoms with Gasteiger partial charge in [0, 0.05) is 50.4 Å². The second-order valence-electron chi connectivity index (χ2n) is 9.45. The smallest absolute Gasteiger partial charge is 0.299 e. The van der Waals surface area contributed by atoms with Crippen molar-refractivity contribution in [3.63, 3.8) is 0 Å². The molecule has 2 aliphatic rings. The molecule has 0 amide bonds. The number of imidazole rings is 1. The highest BCUT2D eigenvalue weighted by atomic mass is 15.3. The van der Waals surface area contributed by atoms with E-state index in [2.05, 4.69) is 83.9 Å². The SMILES string of the molecule is CC1Cc2ccc(-c3cnc4[nH+]c[nH]c4c3)cc2CN1c1cc(N2CCN(C)CC2)nc(N)n1. The lowest BCUT2D eigenvalue weighted by molar-refractivity contribution is -0.347. The minimum absolute atomic E-state index is 0.320. The molecule has 9 heteroatoms. The summed E-state index contributed by atoms with van der Waals surface area (Å²) in [6.45, 7) is 6.99. The highest BCUT2D eigenvalue weighted by Crippen LogP contribution is 2.32. The maximum Gasteiger partial charge on any atom is 0.299 e. The Morgan fingerprint density at radius 3 is 2.68 bits per heavy atom. The van der Waals surface area contributed by atoms with Gasteiger partial charge in [-0.1, -0.05) is 12.1 Å². The minimum atomic E-state index is 0.320. The molecule has 1 fully saturated rings. The third-order valence-corrected chi connectivity index (χ3v) is 7.09. The third kappa shape index (κ3) is 3.81. The summed E-state index contributed by atoms with van der Waals surface area (Å²) in [7, 11) is 2.16. The summed E-state index contributed by atoms with van der Waals surface area (Å²) in [5.74, 6) is 2.15. The fourth-order valence-electron chi connectivity index (χ4n) is 5.04. The van der Waals surface area contributed by atoms with Gasteiger partial charge < -0.3 is 20.4 Å². The topological polar surface area (TPSA) is 104 Å². The Hall–Kier alpha value is -3.72. The molecule has 1 aromatic carbocycles. The molecule has 4 aromatic rings. The number of anilines is 3. The molecule has 5 heterocycles. The molecular weight excluding hydrogens is 426 g/mol. The van der Waals surface area contributed by atoms with Gasteiger partial charge in [-0.2, -0.15) is 9.97 Å². The number of nitrogens with two attached hydrogens (primary N) is 1. The van der Waals surface area contributed by atoms with E-state index in [1.165, 1.54) is 11.1 Å². The van der Waals surface area contributed by atoms with Gasteiger partial charge in [0.25, 0.3) is 5.65 Å². The van der Waals surface area contributed by atoms with Crippen LogP contribution in [0, 0.1) is 0 Å². The van der Waals surface area contributed by atoms with Crippen molar-refractivity contribution in [2.75, 3.05) is 48.8 Å². The lowest BCUT2D eigenvalue weighted by atomic mass is 9.92. The quantitative estimate of drug-likeness (QED) is 0.487. The van der Waals surface area contributed by atoms with Crippen LogP contribution in [-0.4, -0.2) is 64.1 Å². The molecule has 0 aliphatic carbocycles. The number of hydrogen-bond donors (Lipinski definition) is 2. The average Bonchev–Trinajstić information content (AvgIpc) is 3.31. The first-order valence-electron chi connectivity index (χ1n) is 11.9. The van der Waals surface area contributed by atoms with Gasteiger partial charge in [-0.25, -0.2) is 4.98 Å². The summed E-state index contributed by atoms with van der Waals surface area (Å²) in [6, 6.07) is 11.3. The number of likely N-dealkylation sites (N-methyl/N-ethyl adjacent to an activating group) is 1. The van der Waals surface area contributed by atoms with E-state index in [4.69, 9.17) is 5.73 Å². The van der Waals surface area contributed by atoms with Crippen LogP contribution in [0.1, 0.15) is 18.1 Å². The highest BCUT2D eigenvalue weighted by Gasteiger charge is 2.26. The number of piperazine rings is 1. The predicted molar refractivity (Wildman–Crippen MR) is 134 cm³/mol. The van der Waals surface area contributed by atoms with Crippen LogP contribution in [0.15, 0.2) is 42.9 Å². The molecule has 1 atom stereocenters. The highest BCUT2D eigenvalue weighted by molar-refractivity contribution is 5.76. The van der Waals surface area contributed by atoms with E-state index in [9.17, 15) is 0 Å². The normalized spacial score (nSPS) is 18.9. The van der Waals surface area contributed by atoms with Crippen LogP contribution >= 0.6 is 0 Å². The Labute approximate surface area is 198 Å².